The van der Waals surface area contributed by atoms with E-state index in [-0.39, 0.29) is 5.54 Å². The Morgan fingerprint density at radius 2 is 2.19 bits per heavy atom. The molecule has 0 heterocycles. The molecule has 1 aromatic carbocycles. The number of aliphatic hydroxyl groups excluding tert-OH is 1. The van der Waals surface area contributed by atoms with Crippen molar-refractivity contribution in [3.05, 3.63) is 33.3 Å². The Labute approximate surface area is 141 Å². The fraction of sp³-hybridized carbons (Fsp3) is 0.647. The first-order chi connectivity index (χ1) is 9.85. The van der Waals surface area contributed by atoms with E-state index in [0.29, 0.717) is 12.3 Å². The van der Waals surface area contributed by atoms with E-state index >= 15 is 0 Å². The lowest BCUT2D eigenvalue weighted by Crippen LogP contribution is -2.56. The largest absolute Gasteiger partial charge is 0.391 e. The van der Waals surface area contributed by atoms with Crippen molar-refractivity contribution in [3.8, 4) is 0 Å². The van der Waals surface area contributed by atoms with Gasteiger partial charge < -0.3 is 10.0 Å². The minimum atomic E-state index is -0.395. The van der Waals surface area contributed by atoms with Gasteiger partial charge in [-0.05, 0) is 50.6 Å². The van der Waals surface area contributed by atoms with Crippen molar-refractivity contribution in [1.29, 1.82) is 0 Å². The molecule has 1 aliphatic carbocycles. The zero-order chi connectivity index (χ0) is 15.6. The lowest BCUT2D eigenvalue weighted by molar-refractivity contribution is -0.0424. The smallest absolute Gasteiger partial charge is 0.0764 e. The lowest BCUT2D eigenvalue weighted by Gasteiger charge is -2.48. The third kappa shape index (κ3) is 3.82. The second-order valence-electron chi connectivity index (χ2n) is 6.66. The number of likely N-dealkylation sites (N-methyl/N-ethyl adjacent to an activating group) is 1. The Kier molecular flexibility index (Phi) is 5.75. The Morgan fingerprint density at radius 3 is 2.76 bits per heavy atom. The lowest BCUT2D eigenvalue weighted by atomic mass is 9.71. The van der Waals surface area contributed by atoms with E-state index in [2.05, 4.69) is 41.8 Å². The maximum atomic E-state index is 10.9. The molecule has 1 saturated carbocycles. The molecule has 0 spiro atoms. The van der Waals surface area contributed by atoms with Gasteiger partial charge in [-0.15, -0.1) is 0 Å². The van der Waals surface area contributed by atoms with E-state index in [9.17, 15) is 5.11 Å². The van der Waals surface area contributed by atoms with Crippen LogP contribution in [0.4, 0.5) is 0 Å². The van der Waals surface area contributed by atoms with Gasteiger partial charge in [-0.2, -0.15) is 0 Å². The average molecular weight is 375 g/mol. The van der Waals surface area contributed by atoms with Crippen LogP contribution in [0.25, 0.3) is 0 Å². The molecule has 2 nitrogen and oxygen atoms in total. The van der Waals surface area contributed by atoms with E-state index in [0.717, 1.165) is 27.9 Å². The molecule has 118 valence electrons. The Bertz CT molecular complexity index is 494. The number of halogens is 2. The summed E-state index contributed by atoms with van der Waals surface area (Å²) in [5, 5.41) is 11.7. The van der Waals surface area contributed by atoms with Crippen molar-refractivity contribution < 1.29 is 5.11 Å². The SMILES string of the molecule is CC1CCCC(C(O)Cc2ccc(Br)cc2Cl)(N(C)C)C1. The quantitative estimate of drug-likeness (QED) is 0.837. The fourth-order valence-corrected chi connectivity index (χ4v) is 4.41. The highest BCUT2D eigenvalue weighted by Gasteiger charge is 2.43. The van der Waals surface area contributed by atoms with Crippen LogP contribution < -0.4 is 0 Å². The third-order valence-electron chi connectivity index (χ3n) is 4.95. The number of nitrogens with zero attached hydrogens (tertiary/aromatic N) is 1. The summed E-state index contributed by atoms with van der Waals surface area (Å²) in [6.07, 6.45) is 4.77. The zero-order valence-electron chi connectivity index (χ0n) is 13.1. The van der Waals surface area contributed by atoms with Gasteiger partial charge in [0.05, 0.1) is 6.10 Å². The van der Waals surface area contributed by atoms with Crippen LogP contribution in [0.3, 0.4) is 0 Å². The zero-order valence-corrected chi connectivity index (χ0v) is 15.4. The van der Waals surface area contributed by atoms with Gasteiger partial charge in [0.2, 0.25) is 0 Å². The van der Waals surface area contributed by atoms with Crippen molar-refractivity contribution in [3.63, 3.8) is 0 Å². The summed E-state index contributed by atoms with van der Waals surface area (Å²) in [5.41, 5.74) is 0.889. The molecule has 0 aromatic heterocycles. The molecule has 0 saturated heterocycles. The molecular formula is C17H25BrClNO. The van der Waals surface area contributed by atoms with E-state index < -0.39 is 6.10 Å². The average Bonchev–Trinajstić information content (AvgIpc) is 2.41. The molecular weight excluding hydrogens is 350 g/mol. The van der Waals surface area contributed by atoms with Crippen LogP contribution in [0, 0.1) is 5.92 Å². The number of hydrogen-bond donors (Lipinski definition) is 1. The van der Waals surface area contributed by atoms with Gasteiger partial charge in [0.25, 0.3) is 0 Å². The van der Waals surface area contributed by atoms with Gasteiger partial charge in [0.15, 0.2) is 0 Å². The van der Waals surface area contributed by atoms with Crippen LogP contribution >= 0.6 is 27.5 Å². The summed E-state index contributed by atoms with van der Waals surface area (Å²) >= 11 is 9.74. The maximum Gasteiger partial charge on any atom is 0.0764 e. The molecule has 4 heteroatoms. The first kappa shape index (κ1) is 17.3. The Balaban J connectivity index is 2.21. The van der Waals surface area contributed by atoms with Crippen LogP contribution in [0.5, 0.6) is 0 Å². The van der Waals surface area contributed by atoms with Gasteiger partial charge in [-0.3, -0.25) is 0 Å². The number of rotatable bonds is 4. The van der Waals surface area contributed by atoms with Crippen LogP contribution in [0.15, 0.2) is 22.7 Å². The van der Waals surface area contributed by atoms with Crippen LogP contribution in [0.2, 0.25) is 5.02 Å². The van der Waals surface area contributed by atoms with Crippen LogP contribution in [-0.4, -0.2) is 35.7 Å². The second kappa shape index (κ2) is 6.99. The highest BCUT2D eigenvalue weighted by Crippen LogP contribution is 2.39. The van der Waals surface area contributed by atoms with E-state index in [1.54, 1.807) is 0 Å². The van der Waals surface area contributed by atoms with Gasteiger partial charge >= 0.3 is 0 Å². The summed E-state index contributed by atoms with van der Waals surface area (Å²) < 4.78 is 0.972. The molecule has 3 unspecified atom stereocenters. The van der Waals surface area contributed by atoms with Crippen LogP contribution in [0.1, 0.15) is 38.2 Å². The van der Waals surface area contributed by atoms with Crippen molar-refractivity contribution in [2.75, 3.05) is 14.1 Å². The van der Waals surface area contributed by atoms with E-state index in [4.69, 9.17) is 11.6 Å². The molecule has 0 bridgehead atoms. The van der Waals surface area contributed by atoms with E-state index in [1.165, 1.54) is 12.8 Å². The predicted octanol–water partition coefficient (Wildman–Crippen LogP) is 4.52. The first-order valence-corrected chi connectivity index (χ1v) is 8.81. The predicted molar refractivity (Wildman–Crippen MR) is 92.9 cm³/mol. The van der Waals surface area contributed by atoms with Crippen molar-refractivity contribution in [2.45, 2.75) is 50.7 Å². The second-order valence-corrected chi connectivity index (χ2v) is 7.98. The number of hydrogen-bond acceptors (Lipinski definition) is 2. The molecule has 1 aliphatic rings. The molecule has 0 aliphatic heterocycles. The monoisotopic (exact) mass is 373 g/mol. The minimum Gasteiger partial charge on any atom is -0.391 e. The van der Waals surface area contributed by atoms with Crippen LogP contribution in [-0.2, 0) is 6.42 Å². The number of benzene rings is 1. The summed E-state index contributed by atoms with van der Waals surface area (Å²) in [6, 6.07) is 5.89. The molecule has 3 atom stereocenters. The fourth-order valence-electron chi connectivity index (χ4n) is 3.66. The maximum absolute atomic E-state index is 10.9. The summed E-state index contributed by atoms with van der Waals surface area (Å²) in [4.78, 5) is 2.22. The first-order valence-electron chi connectivity index (χ1n) is 7.64. The minimum absolute atomic E-state index is 0.131. The van der Waals surface area contributed by atoms with Gasteiger partial charge in [0, 0.05) is 21.5 Å². The molecule has 1 aromatic rings. The third-order valence-corrected chi connectivity index (χ3v) is 5.79. The summed E-state index contributed by atoms with van der Waals surface area (Å²) in [6.45, 7) is 2.29. The Morgan fingerprint density at radius 1 is 1.48 bits per heavy atom. The molecule has 21 heavy (non-hydrogen) atoms. The molecule has 0 amide bonds. The van der Waals surface area contributed by atoms with E-state index in [1.807, 2.05) is 18.2 Å². The molecule has 1 N–H and O–H groups in total. The van der Waals surface area contributed by atoms with Gasteiger partial charge in [0.1, 0.15) is 0 Å². The molecule has 2 rings (SSSR count). The molecule has 1 fully saturated rings. The highest BCUT2D eigenvalue weighted by atomic mass is 79.9. The number of aliphatic hydroxyl groups is 1. The van der Waals surface area contributed by atoms with Crippen molar-refractivity contribution in [1.82, 2.24) is 4.90 Å². The Hall–Kier alpha value is -0.0900. The topological polar surface area (TPSA) is 23.5 Å². The van der Waals surface area contributed by atoms with Crippen molar-refractivity contribution >= 4 is 27.5 Å². The highest BCUT2D eigenvalue weighted by molar-refractivity contribution is 9.10. The standard InChI is InChI=1S/C17H25BrClNO/c1-12-5-4-8-17(11-12,20(2)3)16(21)9-13-6-7-14(18)10-15(13)19/h6-7,10,12,16,21H,4-5,8-9,11H2,1-3H3. The normalized spacial score (nSPS) is 27.9. The summed E-state index contributed by atoms with van der Waals surface area (Å²) in [5.74, 6) is 0.663. The summed E-state index contributed by atoms with van der Waals surface area (Å²) in [7, 11) is 4.18. The van der Waals surface area contributed by atoms with Gasteiger partial charge in [-0.25, -0.2) is 0 Å². The van der Waals surface area contributed by atoms with Crippen molar-refractivity contribution in [2.24, 2.45) is 5.92 Å². The molecule has 0 radical (unpaired) electrons. The van der Waals surface area contributed by atoms with Gasteiger partial charge in [-0.1, -0.05) is 53.4 Å².